The molecule has 1 fully saturated rings. The van der Waals surface area contributed by atoms with Crippen LogP contribution in [0, 0.1) is 13.8 Å². The average molecular weight is 422 g/mol. The minimum absolute atomic E-state index is 0.0558. The van der Waals surface area contributed by atoms with Crippen LogP contribution < -0.4 is 0 Å². The molecule has 0 saturated carbocycles. The molecule has 1 saturated heterocycles. The molecule has 31 heavy (non-hydrogen) atoms. The maximum atomic E-state index is 13.5. The summed E-state index contributed by atoms with van der Waals surface area (Å²) in [6.45, 7) is 13.8. The Morgan fingerprint density at radius 2 is 1.55 bits per heavy atom. The van der Waals surface area contributed by atoms with Crippen LogP contribution in [0.5, 0.6) is 0 Å². The number of carbonyl (C=O) groups excluding carboxylic acids is 2. The monoisotopic (exact) mass is 421 g/mol. The Labute approximate surface area is 186 Å². The molecule has 4 heteroatoms. The third kappa shape index (κ3) is 4.84. The first-order chi connectivity index (χ1) is 14.5. The van der Waals surface area contributed by atoms with E-state index >= 15 is 0 Å². The molecule has 4 nitrogen and oxygen atoms in total. The lowest BCUT2D eigenvalue weighted by Crippen LogP contribution is -2.49. The number of ether oxygens (including phenoxy) is 1. The lowest BCUT2D eigenvalue weighted by Gasteiger charge is -2.40. The first-order valence-electron chi connectivity index (χ1n) is 11.1. The number of amides is 1. The Balaban J connectivity index is 1.83. The second-order valence-corrected chi connectivity index (χ2v) is 9.87. The fourth-order valence-corrected chi connectivity index (χ4v) is 4.50. The van der Waals surface area contributed by atoms with Crippen LogP contribution in [0.4, 0.5) is 0 Å². The second-order valence-electron chi connectivity index (χ2n) is 9.87. The van der Waals surface area contributed by atoms with Gasteiger partial charge in [-0.05, 0) is 59.9 Å². The number of hydrogen-bond donors (Lipinski definition) is 0. The molecular formula is C27H35NO3. The Hall–Kier alpha value is -2.62. The summed E-state index contributed by atoms with van der Waals surface area (Å²) < 4.78 is 5.97. The van der Waals surface area contributed by atoms with E-state index in [0.717, 1.165) is 22.3 Å². The zero-order valence-corrected chi connectivity index (χ0v) is 19.7. The topological polar surface area (TPSA) is 46.6 Å². The number of likely N-dealkylation sites (tertiary alicyclic amines) is 1. The van der Waals surface area contributed by atoms with Crippen LogP contribution >= 0.6 is 0 Å². The lowest BCUT2D eigenvalue weighted by molar-refractivity contribution is -0.155. The molecule has 0 bridgehead atoms. The number of carbonyl (C=O) groups is 2. The van der Waals surface area contributed by atoms with Crippen molar-refractivity contribution in [1.82, 2.24) is 4.90 Å². The maximum absolute atomic E-state index is 13.5. The zero-order chi connectivity index (χ0) is 22.8. The summed E-state index contributed by atoms with van der Waals surface area (Å²) in [6.07, 6.45) is 1.16. The van der Waals surface area contributed by atoms with Crippen LogP contribution in [0.25, 0.3) is 0 Å². The largest absolute Gasteiger partial charge is 0.460 e. The molecule has 0 spiro atoms. The van der Waals surface area contributed by atoms with Gasteiger partial charge in [-0.1, -0.05) is 63.2 Å². The summed E-state index contributed by atoms with van der Waals surface area (Å²) in [6, 6.07) is 14.3. The van der Waals surface area contributed by atoms with Crippen molar-refractivity contribution in [2.45, 2.75) is 71.8 Å². The van der Waals surface area contributed by atoms with Gasteiger partial charge in [0.25, 0.3) is 0 Å². The smallest absolute Gasteiger partial charge is 0.317 e. The summed E-state index contributed by atoms with van der Waals surface area (Å²) in [5.74, 6) is -0.138. The van der Waals surface area contributed by atoms with E-state index < -0.39 is 5.41 Å². The fraction of sp³-hybridized carbons (Fsp3) is 0.481. The van der Waals surface area contributed by atoms with E-state index in [9.17, 15) is 9.59 Å². The third-order valence-electron chi connectivity index (χ3n) is 6.69. The van der Waals surface area contributed by atoms with Gasteiger partial charge in [-0.2, -0.15) is 0 Å². The molecule has 166 valence electrons. The van der Waals surface area contributed by atoms with E-state index in [2.05, 4.69) is 46.8 Å². The maximum Gasteiger partial charge on any atom is 0.317 e. The quantitative estimate of drug-likeness (QED) is 0.636. The lowest BCUT2D eigenvalue weighted by atomic mass is 9.72. The van der Waals surface area contributed by atoms with E-state index in [-0.39, 0.29) is 23.9 Å². The van der Waals surface area contributed by atoms with Gasteiger partial charge >= 0.3 is 5.97 Å². The van der Waals surface area contributed by atoms with Crippen LogP contribution in [-0.2, 0) is 31.8 Å². The molecule has 3 rings (SSSR count). The predicted octanol–water partition coefficient (Wildman–Crippen LogP) is 5.22. The Bertz CT molecular complexity index is 925. The number of benzene rings is 2. The minimum Gasteiger partial charge on any atom is -0.460 e. The Morgan fingerprint density at radius 1 is 1.00 bits per heavy atom. The highest BCUT2D eigenvalue weighted by Gasteiger charge is 2.44. The van der Waals surface area contributed by atoms with Gasteiger partial charge in [0, 0.05) is 20.0 Å². The van der Waals surface area contributed by atoms with Crippen LogP contribution in [-0.4, -0.2) is 29.9 Å². The molecule has 0 atom stereocenters. The van der Waals surface area contributed by atoms with Gasteiger partial charge in [0.1, 0.15) is 6.61 Å². The molecule has 0 unspecified atom stereocenters. The predicted molar refractivity (Wildman–Crippen MR) is 124 cm³/mol. The summed E-state index contributed by atoms with van der Waals surface area (Å²) in [4.78, 5) is 27.1. The summed E-state index contributed by atoms with van der Waals surface area (Å²) in [5.41, 5.74) is 5.00. The molecule has 0 aromatic heterocycles. The first-order valence-corrected chi connectivity index (χ1v) is 11.1. The first kappa shape index (κ1) is 23.1. The molecule has 2 aromatic rings. The van der Waals surface area contributed by atoms with Gasteiger partial charge in [-0.3, -0.25) is 9.59 Å². The van der Waals surface area contributed by atoms with Crippen molar-refractivity contribution >= 4 is 11.9 Å². The van der Waals surface area contributed by atoms with Crippen molar-refractivity contribution in [3.63, 3.8) is 0 Å². The van der Waals surface area contributed by atoms with Gasteiger partial charge in [0.15, 0.2) is 0 Å². The normalized spacial score (nSPS) is 16.1. The summed E-state index contributed by atoms with van der Waals surface area (Å²) in [7, 11) is 0. The summed E-state index contributed by atoms with van der Waals surface area (Å²) in [5, 5.41) is 0. The average Bonchev–Trinajstić information content (AvgIpc) is 2.72. The van der Waals surface area contributed by atoms with Gasteiger partial charge in [0.05, 0.1) is 5.41 Å². The van der Waals surface area contributed by atoms with Crippen LogP contribution in [0.15, 0.2) is 42.5 Å². The highest BCUT2D eigenvalue weighted by molar-refractivity contribution is 5.84. The van der Waals surface area contributed by atoms with Crippen LogP contribution in [0.3, 0.4) is 0 Å². The molecule has 1 aliphatic rings. The Morgan fingerprint density at radius 3 is 2.03 bits per heavy atom. The van der Waals surface area contributed by atoms with E-state index in [1.807, 2.05) is 35.2 Å². The number of piperidine rings is 1. The molecule has 2 aromatic carbocycles. The van der Waals surface area contributed by atoms with E-state index in [1.165, 1.54) is 5.56 Å². The van der Waals surface area contributed by atoms with Crippen molar-refractivity contribution in [1.29, 1.82) is 0 Å². The molecule has 1 amide bonds. The van der Waals surface area contributed by atoms with E-state index in [4.69, 9.17) is 4.74 Å². The Kier molecular flexibility index (Phi) is 6.59. The SMILES string of the molecule is CC(=O)N1CCC(C(=O)OCc2c(C)cc(C(C)(C)C)cc2C)(c2ccccc2)CC1. The number of nitrogens with zero attached hydrogens (tertiary/aromatic N) is 1. The van der Waals surface area contributed by atoms with Crippen LogP contribution in [0.2, 0.25) is 0 Å². The van der Waals surface area contributed by atoms with E-state index in [1.54, 1.807) is 6.92 Å². The van der Waals surface area contributed by atoms with E-state index in [0.29, 0.717) is 25.9 Å². The standard InChI is InChI=1S/C27H35NO3/c1-19-16-23(26(4,5)6)17-20(2)24(19)18-31-25(30)27(22-10-8-7-9-11-22)12-14-28(15-13-27)21(3)29/h7-11,16-17H,12-15,18H2,1-6H3. The number of esters is 1. The number of rotatable bonds is 4. The highest BCUT2D eigenvalue weighted by Crippen LogP contribution is 2.37. The minimum atomic E-state index is -0.708. The van der Waals surface area contributed by atoms with Crippen molar-refractivity contribution < 1.29 is 14.3 Å². The van der Waals surface area contributed by atoms with Crippen molar-refractivity contribution in [2.24, 2.45) is 0 Å². The van der Waals surface area contributed by atoms with Crippen molar-refractivity contribution in [3.05, 3.63) is 70.3 Å². The van der Waals surface area contributed by atoms with Gasteiger partial charge < -0.3 is 9.64 Å². The van der Waals surface area contributed by atoms with Crippen LogP contribution in [0.1, 0.15) is 68.4 Å². The number of aryl methyl sites for hydroxylation is 2. The highest BCUT2D eigenvalue weighted by atomic mass is 16.5. The molecule has 1 aliphatic heterocycles. The van der Waals surface area contributed by atoms with Crippen molar-refractivity contribution in [3.8, 4) is 0 Å². The zero-order valence-electron chi connectivity index (χ0n) is 19.7. The molecule has 0 aliphatic carbocycles. The fourth-order valence-electron chi connectivity index (χ4n) is 4.50. The summed E-state index contributed by atoms with van der Waals surface area (Å²) >= 11 is 0. The van der Waals surface area contributed by atoms with Gasteiger partial charge in [-0.15, -0.1) is 0 Å². The molecule has 1 heterocycles. The van der Waals surface area contributed by atoms with Gasteiger partial charge in [-0.25, -0.2) is 0 Å². The third-order valence-corrected chi connectivity index (χ3v) is 6.69. The number of hydrogen-bond acceptors (Lipinski definition) is 3. The molecular weight excluding hydrogens is 386 g/mol. The van der Waals surface area contributed by atoms with Crippen molar-refractivity contribution in [2.75, 3.05) is 13.1 Å². The second kappa shape index (κ2) is 8.86. The van der Waals surface area contributed by atoms with Gasteiger partial charge in [0.2, 0.25) is 5.91 Å². The molecule has 0 radical (unpaired) electrons. The molecule has 0 N–H and O–H groups in total.